The highest BCUT2D eigenvalue weighted by molar-refractivity contribution is 7.89. The summed E-state index contributed by atoms with van der Waals surface area (Å²) in [7, 11) is -1.88. The van der Waals surface area contributed by atoms with Crippen LogP contribution in [-0.2, 0) is 16.6 Å². The minimum Gasteiger partial charge on any atom is -0.444 e. The summed E-state index contributed by atoms with van der Waals surface area (Å²) in [4.78, 5) is 8.84. The molecule has 0 aliphatic rings. The third kappa shape index (κ3) is 5.91. The van der Waals surface area contributed by atoms with Crippen LogP contribution in [0.1, 0.15) is 11.3 Å². The Bertz CT molecular complexity index is 1080. The molecule has 0 spiro atoms. The summed E-state index contributed by atoms with van der Waals surface area (Å²) < 4.78 is 32.5. The van der Waals surface area contributed by atoms with Gasteiger partial charge in [0.25, 0.3) is 0 Å². The van der Waals surface area contributed by atoms with Crippen molar-refractivity contribution in [2.75, 3.05) is 20.1 Å². The van der Waals surface area contributed by atoms with E-state index in [1.807, 2.05) is 31.2 Å². The number of sulfonamides is 1. The summed E-state index contributed by atoms with van der Waals surface area (Å²) in [5.74, 6) is 1.10. The fraction of sp³-hybridized carbons (Fsp3) is 0.238. The molecule has 8 nitrogen and oxygen atoms in total. The molecule has 0 saturated carbocycles. The van der Waals surface area contributed by atoms with Gasteiger partial charge in [-0.3, -0.25) is 4.99 Å². The number of aliphatic imine (C=N–C) groups is 1. The van der Waals surface area contributed by atoms with Crippen molar-refractivity contribution in [3.8, 4) is 11.5 Å². The number of nitrogens with one attached hydrogen (secondary N) is 3. The van der Waals surface area contributed by atoms with Gasteiger partial charge in [-0.15, -0.1) is 0 Å². The summed E-state index contributed by atoms with van der Waals surface area (Å²) in [6, 6.07) is 16.2. The maximum Gasteiger partial charge on any atom is 0.240 e. The summed E-state index contributed by atoms with van der Waals surface area (Å²) in [6.45, 7) is 3.04. The smallest absolute Gasteiger partial charge is 0.240 e. The molecule has 1 heterocycles. The number of hydrogen-bond acceptors (Lipinski definition) is 5. The Morgan fingerprint density at radius 1 is 1.03 bits per heavy atom. The molecule has 2 aromatic carbocycles. The van der Waals surface area contributed by atoms with Crippen molar-refractivity contribution in [1.29, 1.82) is 0 Å². The second-order valence-corrected chi connectivity index (χ2v) is 8.34. The molecule has 158 valence electrons. The number of oxazole rings is 1. The van der Waals surface area contributed by atoms with E-state index in [2.05, 4.69) is 25.3 Å². The Labute approximate surface area is 176 Å². The zero-order valence-corrected chi connectivity index (χ0v) is 17.7. The van der Waals surface area contributed by atoms with E-state index in [-0.39, 0.29) is 11.4 Å². The Kier molecular flexibility index (Phi) is 7.21. The van der Waals surface area contributed by atoms with Gasteiger partial charge in [0.15, 0.2) is 5.96 Å². The van der Waals surface area contributed by atoms with E-state index in [0.29, 0.717) is 24.9 Å². The Hall–Kier alpha value is -3.17. The molecule has 0 amide bonds. The molecular formula is C21H25N5O3S. The standard InChI is InChI=1S/C21H25N5O3S/c1-16-8-10-17(11-9-16)20-26-18(15-29-20)14-24-21(22-2)23-12-13-25-30(27,28)19-6-4-3-5-7-19/h3-11,15,25H,12-14H2,1-2H3,(H2,22,23,24). The molecule has 0 saturated heterocycles. The average Bonchev–Trinajstić information content (AvgIpc) is 3.23. The van der Waals surface area contributed by atoms with E-state index in [4.69, 9.17) is 4.42 Å². The Morgan fingerprint density at radius 3 is 2.47 bits per heavy atom. The lowest BCUT2D eigenvalue weighted by Crippen LogP contribution is -2.41. The number of hydrogen-bond donors (Lipinski definition) is 3. The van der Waals surface area contributed by atoms with Crippen LogP contribution in [-0.4, -0.2) is 39.5 Å². The van der Waals surface area contributed by atoms with E-state index in [0.717, 1.165) is 11.3 Å². The first kappa shape index (κ1) is 21.5. The van der Waals surface area contributed by atoms with Crippen molar-refractivity contribution in [2.45, 2.75) is 18.4 Å². The number of guanidine groups is 1. The maximum absolute atomic E-state index is 12.2. The topological polar surface area (TPSA) is 109 Å². The van der Waals surface area contributed by atoms with Gasteiger partial charge < -0.3 is 15.1 Å². The van der Waals surface area contributed by atoms with Gasteiger partial charge in [0.05, 0.1) is 17.1 Å². The number of aromatic nitrogens is 1. The Morgan fingerprint density at radius 2 is 1.77 bits per heavy atom. The van der Waals surface area contributed by atoms with Crippen LogP contribution in [0.25, 0.3) is 11.5 Å². The first-order valence-electron chi connectivity index (χ1n) is 9.48. The second kappa shape index (κ2) is 10.0. The number of rotatable bonds is 8. The van der Waals surface area contributed by atoms with E-state index < -0.39 is 10.0 Å². The molecule has 0 bridgehead atoms. The fourth-order valence-electron chi connectivity index (χ4n) is 2.66. The van der Waals surface area contributed by atoms with Crippen molar-refractivity contribution in [2.24, 2.45) is 4.99 Å². The van der Waals surface area contributed by atoms with Crippen LogP contribution >= 0.6 is 0 Å². The molecule has 0 fully saturated rings. The molecule has 0 aliphatic heterocycles. The van der Waals surface area contributed by atoms with Crippen LogP contribution in [0.2, 0.25) is 0 Å². The van der Waals surface area contributed by atoms with Crippen molar-refractivity contribution < 1.29 is 12.8 Å². The maximum atomic E-state index is 12.2. The van der Waals surface area contributed by atoms with E-state index >= 15 is 0 Å². The molecule has 30 heavy (non-hydrogen) atoms. The van der Waals surface area contributed by atoms with E-state index in [1.54, 1.807) is 43.6 Å². The molecule has 3 rings (SSSR count). The van der Waals surface area contributed by atoms with E-state index in [1.165, 1.54) is 5.56 Å². The van der Waals surface area contributed by atoms with Crippen molar-refractivity contribution in [3.63, 3.8) is 0 Å². The minimum absolute atomic E-state index is 0.222. The first-order valence-corrected chi connectivity index (χ1v) is 11.0. The molecule has 0 unspecified atom stereocenters. The monoisotopic (exact) mass is 427 g/mol. The third-order valence-electron chi connectivity index (χ3n) is 4.27. The van der Waals surface area contributed by atoms with Crippen LogP contribution in [0.15, 0.2) is 75.2 Å². The van der Waals surface area contributed by atoms with Crippen LogP contribution in [0, 0.1) is 6.92 Å². The van der Waals surface area contributed by atoms with Gasteiger partial charge in [-0.2, -0.15) is 0 Å². The summed E-state index contributed by atoms with van der Waals surface area (Å²) in [5.41, 5.74) is 2.83. The molecule has 0 atom stereocenters. The normalized spacial score (nSPS) is 12.0. The van der Waals surface area contributed by atoms with Crippen molar-refractivity contribution in [1.82, 2.24) is 20.3 Å². The zero-order chi connectivity index (χ0) is 21.4. The van der Waals surface area contributed by atoms with Crippen LogP contribution in [0.5, 0.6) is 0 Å². The van der Waals surface area contributed by atoms with E-state index in [9.17, 15) is 8.42 Å². The molecule has 3 aromatic rings. The van der Waals surface area contributed by atoms with Gasteiger partial charge in [0, 0.05) is 25.7 Å². The summed E-state index contributed by atoms with van der Waals surface area (Å²) in [6.07, 6.45) is 1.60. The molecular weight excluding hydrogens is 402 g/mol. The zero-order valence-electron chi connectivity index (χ0n) is 16.9. The molecule has 1 aromatic heterocycles. The molecule has 0 aliphatic carbocycles. The lowest BCUT2D eigenvalue weighted by atomic mass is 10.1. The predicted octanol–water partition coefficient (Wildman–Crippen LogP) is 2.29. The minimum atomic E-state index is -3.52. The fourth-order valence-corrected chi connectivity index (χ4v) is 3.71. The third-order valence-corrected chi connectivity index (χ3v) is 5.75. The van der Waals surface area contributed by atoms with Crippen LogP contribution < -0.4 is 15.4 Å². The largest absolute Gasteiger partial charge is 0.444 e. The number of benzene rings is 2. The van der Waals surface area contributed by atoms with Gasteiger partial charge in [0.1, 0.15) is 6.26 Å². The number of nitrogens with zero attached hydrogens (tertiary/aromatic N) is 2. The lowest BCUT2D eigenvalue weighted by molar-refractivity contribution is 0.571. The van der Waals surface area contributed by atoms with Crippen LogP contribution in [0.4, 0.5) is 0 Å². The molecule has 9 heteroatoms. The SMILES string of the molecule is CN=C(NCCNS(=O)(=O)c1ccccc1)NCc1coc(-c2ccc(C)cc2)n1. The highest BCUT2D eigenvalue weighted by atomic mass is 32.2. The molecule has 0 radical (unpaired) electrons. The number of aryl methyl sites for hydroxylation is 1. The quantitative estimate of drug-likeness (QED) is 0.289. The summed E-state index contributed by atoms with van der Waals surface area (Å²) >= 11 is 0. The van der Waals surface area contributed by atoms with Gasteiger partial charge in [0.2, 0.25) is 15.9 Å². The lowest BCUT2D eigenvalue weighted by Gasteiger charge is -2.11. The Balaban J connectivity index is 1.45. The second-order valence-electron chi connectivity index (χ2n) is 6.57. The van der Waals surface area contributed by atoms with Crippen LogP contribution in [0.3, 0.4) is 0 Å². The predicted molar refractivity (Wildman–Crippen MR) is 117 cm³/mol. The summed E-state index contributed by atoms with van der Waals surface area (Å²) in [5, 5.41) is 6.19. The average molecular weight is 428 g/mol. The highest BCUT2D eigenvalue weighted by Gasteiger charge is 2.12. The van der Waals surface area contributed by atoms with Crippen molar-refractivity contribution >= 4 is 16.0 Å². The van der Waals surface area contributed by atoms with Gasteiger partial charge >= 0.3 is 0 Å². The first-order chi connectivity index (χ1) is 14.5. The van der Waals surface area contributed by atoms with Crippen molar-refractivity contribution in [3.05, 3.63) is 72.1 Å². The highest BCUT2D eigenvalue weighted by Crippen LogP contribution is 2.18. The van der Waals surface area contributed by atoms with Gasteiger partial charge in [-0.25, -0.2) is 18.1 Å². The molecule has 3 N–H and O–H groups in total. The van der Waals surface area contributed by atoms with Gasteiger partial charge in [-0.05, 0) is 31.2 Å². The van der Waals surface area contributed by atoms with Gasteiger partial charge in [-0.1, -0.05) is 35.9 Å².